The minimum absolute atomic E-state index is 0.0290. The van der Waals surface area contributed by atoms with Crippen molar-refractivity contribution in [2.75, 3.05) is 6.61 Å². The first kappa shape index (κ1) is 35.3. The van der Waals surface area contributed by atoms with Crippen molar-refractivity contribution in [3.05, 3.63) is 65.1 Å². The molecule has 2 fully saturated rings. The Bertz CT molecular complexity index is 1550. The molecule has 0 aromatic carbocycles. The van der Waals surface area contributed by atoms with Crippen LogP contribution in [0, 0.1) is 23.7 Å². The van der Waals surface area contributed by atoms with Crippen molar-refractivity contribution in [3.8, 4) is 0 Å². The van der Waals surface area contributed by atoms with Crippen LogP contribution in [0.15, 0.2) is 59.3 Å². The van der Waals surface area contributed by atoms with E-state index >= 15 is 0 Å². The summed E-state index contributed by atoms with van der Waals surface area (Å²) in [6, 6.07) is 0. The van der Waals surface area contributed by atoms with Crippen molar-refractivity contribution in [3.63, 3.8) is 0 Å². The minimum Gasteiger partial charge on any atom is -0.462 e. The molecule has 1 spiro atoms. The summed E-state index contributed by atoms with van der Waals surface area (Å²) in [5.74, 6) is -3.87. The van der Waals surface area contributed by atoms with Gasteiger partial charge in [-0.3, -0.25) is 4.79 Å². The number of nitrogens with zero attached hydrogens (tertiary/aromatic N) is 3. The molecule has 13 heteroatoms. The van der Waals surface area contributed by atoms with Gasteiger partial charge in [-0.05, 0) is 54.2 Å². The van der Waals surface area contributed by atoms with E-state index in [1.807, 2.05) is 32.1 Å². The van der Waals surface area contributed by atoms with Crippen LogP contribution >= 0.6 is 0 Å². The third-order valence-corrected chi connectivity index (χ3v) is 10.8. The number of ether oxygens (including phenoxy) is 5. The number of hydrogen-bond acceptors (Lipinski definition) is 12. The van der Waals surface area contributed by atoms with E-state index in [0.29, 0.717) is 24.0 Å². The second kappa shape index (κ2) is 14.0. The minimum atomic E-state index is -1.92. The maximum absolute atomic E-state index is 14.3. The lowest BCUT2D eigenvalue weighted by atomic mass is 9.70. The van der Waals surface area contributed by atoms with Gasteiger partial charge in [0.15, 0.2) is 11.9 Å². The highest BCUT2D eigenvalue weighted by Gasteiger charge is 2.61. The molecule has 5 aliphatic rings. The predicted octanol–water partition coefficient (Wildman–Crippen LogP) is 3.69. The number of tetrazole rings is 1. The lowest BCUT2D eigenvalue weighted by Crippen LogP contribution is -2.59. The van der Waals surface area contributed by atoms with Crippen LogP contribution in [-0.2, 0) is 28.5 Å². The Morgan fingerprint density at radius 3 is 2.69 bits per heavy atom. The van der Waals surface area contributed by atoms with Crippen LogP contribution in [0.1, 0.15) is 77.8 Å². The number of allylic oxidation sites excluding steroid dienone is 2. The summed E-state index contributed by atoms with van der Waals surface area (Å²) in [5, 5.41) is 36.8. The highest BCUT2D eigenvalue weighted by atomic mass is 16.7. The van der Waals surface area contributed by atoms with Gasteiger partial charge in [-0.1, -0.05) is 70.6 Å². The number of aromatic nitrogens is 4. The zero-order valence-electron chi connectivity index (χ0n) is 28.9. The van der Waals surface area contributed by atoms with E-state index < -0.39 is 53.7 Å². The number of aliphatic hydroxyl groups excluding tert-OH is 1. The normalized spacial score (nSPS) is 42.9. The lowest BCUT2D eigenvalue weighted by Gasteiger charge is -2.48. The number of esters is 2. The Hall–Kier alpha value is -3.49. The van der Waals surface area contributed by atoms with Gasteiger partial charge in [0, 0.05) is 24.7 Å². The average molecular weight is 681 g/mol. The van der Waals surface area contributed by atoms with Crippen molar-refractivity contribution in [2.24, 2.45) is 23.7 Å². The molecule has 2 saturated heterocycles. The van der Waals surface area contributed by atoms with Gasteiger partial charge in [0.25, 0.3) is 5.82 Å². The molecule has 4 aliphatic heterocycles. The summed E-state index contributed by atoms with van der Waals surface area (Å²) >= 11 is 0. The third kappa shape index (κ3) is 6.83. The summed E-state index contributed by atoms with van der Waals surface area (Å²) < 4.78 is 31.6. The number of H-pyrrole nitrogens is 1. The van der Waals surface area contributed by atoms with Gasteiger partial charge in [-0.15, -0.1) is 10.2 Å². The van der Waals surface area contributed by atoms with E-state index in [4.69, 9.17) is 23.7 Å². The molecule has 49 heavy (non-hydrogen) atoms. The smallest absolute Gasteiger partial charge is 0.380 e. The van der Waals surface area contributed by atoms with Crippen LogP contribution in [0.3, 0.4) is 0 Å². The first-order valence-electron chi connectivity index (χ1n) is 17.3. The lowest BCUT2D eigenvalue weighted by molar-refractivity contribution is -0.300. The zero-order valence-corrected chi connectivity index (χ0v) is 28.9. The molecule has 0 amide bonds. The number of aromatic amines is 1. The first-order valence-corrected chi connectivity index (χ1v) is 17.3. The van der Waals surface area contributed by atoms with Gasteiger partial charge in [-0.2, -0.15) is 5.21 Å². The SMILES string of the molecule is CC[C@H](C)[C@H]1O[C@]2(C=C[C@@H]1C)C[C@@H]1C[C@@H](C/C=C(\C)C(O)[C@@H](C)/C=C/C=C3\CO[C@@H]4[C@H](OC(=O)c5nn[nH]n5)C(C)=C[C@@H](C(=O)O1)[C@]34O)O2. The molecule has 1 unspecified atom stereocenters. The third-order valence-electron chi connectivity index (χ3n) is 10.8. The number of rotatable bonds is 4. The van der Waals surface area contributed by atoms with E-state index in [1.165, 1.54) is 0 Å². The molecule has 1 aliphatic carbocycles. The van der Waals surface area contributed by atoms with Gasteiger partial charge < -0.3 is 33.9 Å². The van der Waals surface area contributed by atoms with Gasteiger partial charge >= 0.3 is 11.9 Å². The molecular formula is C36H48N4O9. The van der Waals surface area contributed by atoms with E-state index in [9.17, 15) is 19.8 Å². The largest absolute Gasteiger partial charge is 0.462 e. The van der Waals surface area contributed by atoms with Crippen molar-refractivity contribution < 1.29 is 43.5 Å². The fourth-order valence-electron chi connectivity index (χ4n) is 7.71. The van der Waals surface area contributed by atoms with Crippen LogP contribution in [0.25, 0.3) is 0 Å². The summed E-state index contributed by atoms with van der Waals surface area (Å²) in [7, 11) is 0. The quantitative estimate of drug-likeness (QED) is 0.311. The molecule has 12 atom stereocenters. The van der Waals surface area contributed by atoms with Crippen LogP contribution < -0.4 is 0 Å². The number of hydrogen-bond donors (Lipinski definition) is 3. The molecule has 0 radical (unpaired) electrons. The Morgan fingerprint density at radius 1 is 1.16 bits per heavy atom. The molecule has 0 saturated carbocycles. The number of aliphatic hydroxyl groups is 2. The van der Waals surface area contributed by atoms with Gasteiger partial charge in [0.05, 0.1) is 24.9 Å². The van der Waals surface area contributed by atoms with Gasteiger partial charge in [0.1, 0.15) is 23.7 Å². The maximum Gasteiger partial charge on any atom is 0.380 e. The Labute approximate surface area is 286 Å². The van der Waals surface area contributed by atoms with Crippen molar-refractivity contribution >= 4 is 11.9 Å². The second-order valence-electron chi connectivity index (χ2n) is 14.3. The van der Waals surface area contributed by atoms with Crippen molar-refractivity contribution in [2.45, 2.75) is 115 Å². The fourth-order valence-corrected chi connectivity index (χ4v) is 7.71. The van der Waals surface area contributed by atoms with Crippen LogP contribution in [0.2, 0.25) is 0 Å². The summed E-state index contributed by atoms with van der Waals surface area (Å²) in [6.07, 6.45) is 11.0. The molecule has 2 bridgehead atoms. The Balaban J connectivity index is 1.38. The molecule has 266 valence electrons. The molecular weight excluding hydrogens is 632 g/mol. The molecule has 1 aromatic heterocycles. The number of carbonyl (C=O) groups excluding carboxylic acids is 2. The highest BCUT2D eigenvalue weighted by Crippen LogP contribution is 2.47. The molecule has 1 aromatic rings. The summed E-state index contributed by atoms with van der Waals surface area (Å²) in [6.45, 7) is 11.9. The number of carbonyl (C=O) groups is 2. The molecule has 13 nitrogen and oxygen atoms in total. The monoisotopic (exact) mass is 680 g/mol. The van der Waals surface area contributed by atoms with E-state index in [1.54, 1.807) is 25.2 Å². The average Bonchev–Trinajstić information content (AvgIpc) is 3.74. The predicted molar refractivity (Wildman–Crippen MR) is 175 cm³/mol. The maximum atomic E-state index is 14.3. The zero-order chi connectivity index (χ0) is 35.1. The first-order chi connectivity index (χ1) is 23.3. The second-order valence-corrected chi connectivity index (χ2v) is 14.3. The highest BCUT2D eigenvalue weighted by molar-refractivity contribution is 5.85. The van der Waals surface area contributed by atoms with Crippen LogP contribution in [-0.4, -0.2) is 97.4 Å². The fraction of sp³-hybridized carbons (Fsp3) is 0.639. The van der Waals surface area contributed by atoms with Crippen molar-refractivity contribution in [1.82, 2.24) is 20.6 Å². The van der Waals surface area contributed by atoms with Gasteiger partial charge in [0.2, 0.25) is 0 Å². The molecule has 6 rings (SSSR count). The van der Waals surface area contributed by atoms with Gasteiger partial charge in [-0.25, -0.2) is 4.79 Å². The topological polar surface area (TPSA) is 175 Å². The van der Waals surface area contributed by atoms with E-state index in [-0.39, 0.29) is 48.8 Å². The van der Waals surface area contributed by atoms with Crippen molar-refractivity contribution in [1.29, 1.82) is 0 Å². The summed E-state index contributed by atoms with van der Waals surface area (Å²) in [4.78, 5) is 27.2. The Morgan fingerprint density at radius 2 is 1.96 bits per heavy atom. The standard InChI is InChI=1S/C36H48N4O9/c1-7-19(2)29-22(5)13-14-35(49-29)17-26-16-25(48-35)12-11-21(4)28(41)20(3)9-8-10-24-18-45-31-30(47-34(43)32-37-39-40-38-32)23(6)15-27(33(42)46-26)36(24,31)44/h8-11,13-15,19-20,22,25-31,41,44H,7,12,16-18H2,1-6H3,(H,37,38,39,40)/b9-8+,21-11+,24-10+/t19-,20-,22-,25+,26-,27-,28?,29+,30+,31+,35+,36+/m0/s1. The van der Waals surface area contributed by atoms with E-state index in [2.05, 4.69) is 47.5 Å². The molecule has 5 heterocycles. The number of nitrogens with one attached hydrogen (secondary N) is 1. The van der Waals surface area contributed by atoms with E-state index in [0.717, 1.165) is 12.0 Å². The van der Waals surface area contributed by atoms with Crippen LogP contribution in [0.4, 0.5) is 0 Å². The summed E-state index contributed by atoms with van der Waals surface area (Å²) in [5.41, 5.74) is -0.214. The Kier molecular flexibility index (Phi) is 10.1. The number of fused-ring (bicyclic) bond motifs is 2. The van der Waals surface area contributed by atoms with Crippen LogP contribution in [0.5, 0.6) is 0 Å². The molecule has 3 N–H and O–H groups in total.